The normalized spacial score (nSPS) is 9.85. The Morgan fingerprint density at radius 1 is 0.846 bits per heavy atom. The fraction of sp³-hybridized carbons (Fsp3) is 0.667. The third-order valence-corrected chi connectivity index (χ3v) is 3.72. The monoisotopic (exact) mass is 242 g/mol. The van der Waals surface area contributed by atoms with Crippen molar-refractivity contribution in [2.24, 2.45) is 0 Å². The standard InChI is InChI=1S/C6H10O4S3/c7-5(8)12-3-1-11-2-4-13-6(9)10/h1-4H2,(H,7,8)(H,9,10). The summed E-state index contributed by atoms with van der Waals surface area (Å²) in [4.78, 5) is 20.1. The summed E-state index contributed by atoms with van der Waals surface area (Å²) < 4.78 is 0. The summed E-state index contributed by atoms with van der Waals surface area (Å²) in [6, 6.07) is 0. The number of hydrogen-bond donors (Lipinski definition) is 2. The van der Waals surface area contributed by atoms with Gasteiger partial charge < -0.3 is 10.2 Å². The molecule has 0 heterocycles. The number of thioether (sulfide) groups is 3. The number of rotatable bonds is 6. The van der Waals surface area contributed by atoms with Crippen LogP contribution in [0.5, 0.6) is 0 Å². The fourth-order valence-corrected chi connectivity index (χ4v) is 2.64. The zero-order valence-electron chi connectivity index (χ0n) is 6.76. The van der Waals surface area contributed by atoms with Crippen molar-refractivity contribution in [3.63, 3.8) is 0 Å². The molecule has 0 fully saturated rings. The lowest BCUT2D eigenvalue weighted by molar-refractivity contribution is 0.221. The van der Waals surface area contributed by atoms with Crippen LogP contribution in [0.1, 0.15) is 0 Å². The minimum atomic E-state index is -0.861. The first-order valence-corrected chi connectivity index (χ1v) is 6.54. The summed E-state index contributed by atoms with van der Waals surface area (Å²) in [5, 5.41) is 14.8. The van der Waals surface area contributed by atoms with Crippen LogP contribution in [0.2, 0.25) is 0 Å². The lowest BCUT2D eigenvalue weighted by Gasteiger charge is -1.97. The molecule has 0 aromatic rings. The maximum Gasteiger partial charge on any atom is 0.364 e. The molecule has 0 aromatic heterocycles. The minimum absolute atomic E-state index is 0.567. The zero-order chi connectivity index (χ0) is 10.1. The van der Waals surface area contributed by atoms with E-state index in [1.54, 1.807) is 11.8 Å². The van der Waals surface area contributed by atoms with Crippen LogP contribution in [-0.2, 0) is 0 Å². The summed E-state index contributed by atoms with van der Waals surface area (Å²) in [6.45, 7) is 0. The molecule has 0 saturated heterocycles. The SMILES string of the molecule is O=C(O)SCCSCCSC(=O)O. The van der Waals surface area contributed by atoms with Gasteiger partial charge in [0.15, 0.2) is 0 Å². The highest BCUT2D eigenvalue weighted by Gasteiger charge is 1.99. The molecule has 0 aromatic carbocycles. The first-order chi connectivity index (χ1) is 6.13. The van der Waals surface area contributed by atoms with Crippen molar-refractivity contribution in [3.05, 3.63) is 0 Å². The van der Waals surface area contributed by atoms with Gasteiger partial charge in [0.05, 0.1) is 0 Å². The maximum atomic E-state index is 10.0. The van der Waals surface area contributed by atoms with Gasteiger partial charge in [-0.2, -0.15) is 11.8 Å². The third kappa shape index (κ3) is 12.0. The molecule has 7 heteroatoms. The van der Waals surface area contributed by atoms with Crippen LogP contribution in [0.25, 0.3) is 0 Å². The van der Waals surface area contributed by atoms with Gasteiger partial charge in [0.25, 0.3) is 0 Å². The lowest BCUT2D eigenvalue weighted by Crippen LogP contribution is -1.94. The van der Waals surface area contributed by atoms with Gasteiger partial charge in [-0.1, -0.05) is 0 Å². The Morgan fingerprint density at radius 3 is 1.54 bits per heavy atom. The second kappa shape index (κ2) is 8.58. The topological polar surface area (TPSA) is 74.6 Å². The van der Waals surface area contributed by atoms with E-state index in [4.69, 9.17) is 10.2 Å². The molecular weight excluding hydrogens is 232 g/mol. The van der Waals surface area contributed by atoms with E-state index in [0.29, 0.717) is 11.5 Å². The van der Waals surface area contributed by atoms with Gasteiger partial charge in [-0.25, -0.2) is 9.59 Å². The van der Waals surface area contributed by atoms with Gasteiger partial charge >= 0.3 is 10.6 Å². The summed E-state index contributed by atoms with van der Waals surface area (Å²) in [5.41, 5.74) is 0. The van der Waals surface area contributed by atoms with Gasteiger partial charge in [0.2, 0.25) is 0 Å². The Hall–Kier alpha value is -0.0100. The Labute approximate surface area is 88.8 Å². The molecule has 0 saturated carbocycles. The van der Waals surface area contributed by atoms with E-state index in [-0.39, 0.29) is 0 Å². The molecule has 0 aliphatic carbocycles. The Bertz CT molecular complexity index is 155. The quantitative estimate of drug-likeness (QED) is 0.693. The van der Waals surface area contributed by atoms with E-state index in [2.05, 4.69) is 0 Å². The molecule has 13 heavy (non-hydrogen) atoms. The highest BCUT2D eigenvalue weighted by Crippen LogP contribution is 2.10. The summed E-state index contributed by atoms with van der Waals surface area (Å²) >= 11 is 3.31. The second-order valence-electron chi connectivity index (χ2n) is 1.84. The van der Waals surface area contributed by atoms with Gasteiger partial charge in [-0.3, -0.25) is 0 Å². The van der Waals surface area contributed by atoms with Crippen molar-refractivity contribution in [1.82, 2.24) is 0 Å². The molecule has 0 bridgehead atoms. The lowest BCUT2D eigenvalue weighted by atomic mass is 10.9. The van der Waals surface area contributed by atoms with Crippen molar-refractivity contribution in [3.8, 4) is 0 Å². The van der Waals surface area contributed by atoms with Crippen LogP contribution in [0, 0.1) is 0 Å². The summed E-state index contributed by atoms with van der Waals surface area (Å²) in [5.74, 6) is 2.63. The van der Waals surface area contributed by atoms with E-state index in [1.165, 1.54) is 0 Å². The van der Waals surface area contributed by atoms with E-state index < -0.39 is 10.6 Å². The van der Waals surface area contributed by atoms with Gasteiger partial charge in [0.1, 0.15) is 0 Å². The first-order valence-electron chi connectivity index (χ1n) is 3.42. The van der Waals surface area contributed by atoms with Gasteiger partial charge in [0, 0.05) is 23.0 Å². The first kappa shape index (κ1) is 13.0. The number of carboxylic acid groups (broad SMARTS) is 2. The molecule has 4 nitrogen and oxygen atoms in total. The summed E-state index contributed by atoms with van der Waals surface area (Å²) in [7, 11) is 0. The van der Waals surface area contributed by atoms with E-state index in [0.717, 1.165) is 35.0 Å². The predicted octanol–water partition coefficient (Wildman–Crippen LogP) is 2.54. The van der Waals surface area contributed by atoms with Crippen LogP contribution in [0.3, 0.4) is 0 Å². The molecule has 0 atom stereocenters. The third-order valence-electron chi connectivity index (χ3n) is 0.906. The molecule has 0 rings (SSSR count). The fourth-order valence-electron chi connectivity index (χ4n) is 0.478. The van der Waals surface area contributed by atoms with Crippen molar-refractivity contribution >= 4 is 45.9 Å². The van der Waals surface area contributed by atoms with Gasteiger partial charge in [-0.05, 0) is 23.5 Å². The number of carbonyl (C=O) groups is 2. The molecule has 0 amide bonds. The Kier molecular flexibility index (Phi) is 8.58. The van der Waals surface area contributed by atoms with Gasteiger partial charge in [-0.15, -0.1) is 0 Å². The number of hydrogen-bond acceptors (Lipinski definition) is 5. The van der Waals surface area contributed by atoms with Crippen LogP contribution < -0.4 is 0 Å². The molecule has 0 unspecified atom stereocenters. The molecule has 76 valence electrons. The minimum Gasteiger partial charge on any atom is -0.473 e. The van der Waals surface area contributed by atoms with E-state index in [9.17, 15) is 9.59 Å². The van der Waals surface area contributed by atoms with E-state index >= 15 is 0 Å². The van der Waals surface area contributed by atoms with Crippen LogP contribution >= 0.6 is 35.3 Å². The molecule has 0 aliphatic rings. The zero-order valence-corrected chi connectivity index (χ0v) is 9.21. The summed E-state index contributed by atoms with van der Waals surface area (Å²) in [6.07, 6.45) is 0. The molecule has 0 aliphatic heterocycles. The van der Waals surface area contributed by atoms with Crippen LogP contribution in [0.4, 0.5) is 9.59 Å². The molecular formula is C6H10O4S3. The maximum absolute atomic E-state index is 10.0. The van der Waals surface area contributed by atoms with E-state index in [1.807, 2.05) is 0 Å². The average molecular weight is 242 g/mol. The second-order valence-corrected chi connectivity index (χ2v) is 5.16. The smallest absolute Gasteiger partial charge is 0.364 e. The highest BCUT2D eigenvalue weighted by atomic mass is 32.2. The van der Waals surface area contributed by atoms with Crippen molar-refractivity contribution in [1.29, 1.82) is 0 Å². The molecule has 0 radical (unpaired) electrons. The molecule has 2 N–H and O–H groups in total. The largest absolute Gasteiger partial charge is 0.473 e. The Balaban J connectivity index is 3.00. The Morgan fingerprint density at radius 2 is 1.23 bits per heavy atom. The predicted molar refractivity (Wildman–Crippen MR) is 58.3 cm³/mol. The average Bonchev–Trinajstić information content (AvgIpc) is 2.01. The van der Waals surface area contributed by atoms with Crippen molar-refractivity contribution in [2.45, 2.75) is 0 Å². The molecule has 0 spiro atoms. The van der Waals surface area contributed by atoms with Crippen LogP contribution in [0.15, 0.2) is 0 Å². The highest BCUT2D eigenvalue weighted by molar-refractivity contribution is 8.14. The van der Waals surface area contributed by atoms with Crippen molar-refractivity contribution in [2.75, 3.05) is 23.0 Å². The van der Waals surface area contributed by atoms with Crippen molar-refractivity contribution < 1.29 is 19.8 Å². The van der Waals surface area contributed by atoms with Crippen LogP contribution in [-0.4, -0.2) is 43.8 Å².